The zero-order valence-electron chi connectivity index (χ0n) is 27.7. The SMILES string of the molecule is CC1COc2c(N3CCN(C)CC3)c(F)cc3c(=O)c(C(=O)OCCOCCOC(=O)Cc4ccccc4Nc4c(Cl)cccc4Cl)cn1c23. The van der Waals surface area contributed by atoms with E-state index < -0.39 is 23.2 Å². The predicted octanol–water partition coefficient (Wildman–Crippen LogP) is 5.86. The highest BCUT2D eigenvalue weighted by molar-refractivity contribution is 6.39. The van der Waals surface area contributed by atoms with Gasteiger partial charge in [0.25, 0.3) is 0 Å². The second-order valence-corrected chi connectivity index (χ2v) is 13.0. The van der Waals surface area contributed by atoms with Crippen LogP contribution in [-0.2, 0) is 25.4 Å². The van der Waals surface area contributed by atoms with Gasteiger partial charge in [0.15, 0.2) is 11.6 Å². The molecule has 1 atom stereocenters. The Kier molecular flexibility index (Phi) is 11.1. The van der Waals surface area contributed by atoms with Crippen molar-refractivity contribution < 1.29 is 32.9 Å². The van der Waals surface area contributed by atoms with E-state index in [2.05, 4.69) is 10.2 Å². The molecule has 2 aliphatic rings. The van der Waals surface area contributed by atoms with Gasteiger partial charge < -0.3 is 38.6 Å². The van der Waals surface area contributed by atoms with Gasteiger partial charge in [0.1, 0.15) is 31.1 Å². The Labute approximate surface area is 298 Å². The molecule has 0 amide bonds. The second-order valence-electron chi connectivity index (χ2n) is 12.2. The Morgan fingerprint density at radius 3 is 2.42 bits per heavy atom. The minimum Gasteiger partial charge on any atom is -0.487 e. The first-order chi connectivity index (χ1) is 24.1. The Bertz CT molecular complexity index is 1950. The molecule has 2 aliphatic heterocycles. The number of halogens is 3. The number of rotatable bonds is 12. The lowest BCUT2D eigenvalue weighted by molar-refractivity contribution is -0.144. The lowest BCUT2D eigenvalue weighted by atomic mass is 10.1. The number of esters is 2. The van der Waals surface area contributed by atoms with Gasteiger partial charge in [-0.2, -0.15) is 0 Å². The summed E-state index contributed by atoms with van der Waals surface area (Å²) in [7, 11) is 2.01. The third-order valence-electron chi connectivity index (χ3n) is 8.71. The molecule has 50 heavy (non-hydrogen) atoms. The molecular weight excluding hydrogens is 690 g/mol. The molecule has 3 heterocycles. The normalized spacial score (nSPS) is 15.9. The number of pyridine rings is 1. The summed E-state index contributed by atoms with van der Waals surface area (Å²) < 4.78 is 39.5. The molecule has 1 unspecified atom stereocenters. The number of anilines is 3. The van der Waals surface area contributed by atoms with Crippen LogP contribution < -0.4 is 20.4 Å². The highest BCUT2D eigenvalue weighted by Gasteiger charge is 2.31. The van der Waals surface area contributed by atoms with Crippen LogP contribution in [0.5, 0.6) is 5.75 Å². The van der Waals surface area contributed by atoms with E-state index in [0.29, 0.717) is 57.0 Å². The van der Waals surface area contributed by atoms with Crippen LogP contribution in [0.4, 0.5) is 21.5 Å². The summed E-state index contributed by atoms with van der Waals surface area (Å²) in [6.45, 7) is 4.85. The Balaban J connectivity index is 1.01. The lowest BCUT2D eigenvalue weighted by Gasteiger charge is -2.37. The van der Waals surface area contributed by atoms with Crippen LogP contribution in [0.2, 0.25) is 10.0 Å². The molecule has 0 bridgehead atoms. The molecule has 4 aromatic rings. The predicted molar refractivity (Wildman–Crippen MR) is 190 cm³/mol. The van der Waals surface area contributed by atoms with E-state index in [1.165, 1.54) is 12.3 Å². The van der Waals surface area contributed by atoms with Gasteiger partial charge >= 0.3 is 11.9 Å². The number of ether oxygens (including phenoxy) is 4. The fraction of sp³-hybridized carbons (Fsp3) is 0.361. The molecule has 1 N–H and O–H groups in total. The maximum Gasteiger partial charge on any atom is 0.343 e. The van der Waals surface area contributed by atoms with Crippen LogP contribution in [0.25, 0.3) is 10.9 Å². The van der Waals surface area contributed by atoms with E-state index >= 15 is 4.39 Å². The summed E-state index contributed by atoms with van der Waals surface area (Å²) in [6.07, 6.45) is 1.46. The Hall–Kier alpha value is -4.36. The third-order valence-corrected chi connectivity index (χ3v) is 9.34. The largest absolute Gasteiger partial charge is 0.487 e. The third kappa shape index (κ3) is 7.68. The number of piperazine rings is 1. The van der Waals surface area contributed by atoms with Crippen molar-refractivity contribution in [1.82, 2.24) is 9.47 Å². The Morgan fingerprint density at radius 2 is 1.68 bits per heavy atom. The van der Waals surface area contributed by atoms with E-state index in [9.17, 15) is 14.4 Å². The number of carbonyl (C=O) groups excluding carboxylic acids is 2. The minimum atomic E-state index is -0.843. The van der Waals surface area contributed by atoms with Crippen molar-refractivity contribution in [3.63, 3.8) is 0 Å². The van der Waals surface area contributed by atoms with Crippen molar-refractivity contribution in [2.75, 3.05) is 76.5 Å². The van der Waals surface area contributed by atoms with E-state index in [1.807, 2.05) is 37.1 Å². The van der Waals surface area contributed by atoms with Crippen molar-refractivity contribution in [2.45, 2.75) is 19.4 Å². The number of aromatic nitrogens is 1. The molecule has 1 aromatic heterocycles. The molecule has 0 radical (unpaired) electrons. The van der Waals surface area contributed by atoms with Crippen LogP contribution in [0.3, 0.4) is 0 Å². The molecule has 6 rings (SSSR count). The van der Waals surface area contributed by atoms with Crippen molar-refractivity contribution in [3.05, 3.63) is 91.9 Å². The zero-order chi connectivity index (χ0) is 35.4. The zero-order valence-corrected chi connectivity index (χ0v) is 29.2. The van der Waals surface area contributed by atoms with Gasteiger partial charge in [-0.25, -0.2) is 9.18 Å². The van der Waals surface area contributed by atoms with Crippen molar-refractivity contribution in [2.24, 2.45) is 0 Å². The van der Waals surface area contributed by atoms with E-state index in [4.69, 9.17) is 42.1 Å². The molecule has 0 saturated carbocycles. The highest BCUT2D eigenvalue weighted by atomic mass is 35.5. The number of hydrogen-bond donors (Lipinski definition) is 1. The Morgan fingerprint density at radius 1 is 0.980 bits per heavy atom. The molecule has 0 aliphatic carbocycles. The molecule has 3 aromatic carbocycles. The van der Waals surface area contributed by atoms with Crippen LogP contribution in [0.15, 0.2) is 59.5 Å². The first-order valence-electron chi connectivity index (χ1n) is 16.3. The standard InChI is InChI=1S/C36H37Cl2FN4O7/c1-22-21-50-35-32-24(19-28(39)33(35)42-12-10-41(2)11-13-42)34(45)25(20-43(22)32)36(46)49-17-15-47-14-16-48-30(44)18-23-6-3-4-9-29(23)40-31-26(37)7-5-8-27(31)38/h3-9,19-20,22,40H,10-18,21H2,1-2H3. The monoisotopic (exact) mass is 726 g/mol. The maximum absolute atomic E-state index is 15.6. The van der Waals surface area contributed by atoms with Crippen LogP contribution >= 0.6 is 23.2 Å². The summed E-state index contributed by atoms with van der Waals surface area (Å²) in [6, 6.07) is 13.4. The van der Waals surface area contributed by atoms with Crippen molar-refractivity contribution >= 4 is 63.1 Å². The fourth-order valence-corrected chi connectivity index (χ4v) is 6.52. The number of nitrogens with zero attached hydrogens (tertiary/aromatic N) is 3. The summed E-state index contributed by atoms with van der Waals surface area (Å²) in [5.74, 6) is -1.56. The molecule has 264 valence electrons. The topological polar surface area (TPSA) is 112 Å². The van der Waals surface area contributed by atoms with Crippen molar-refractivity contribution in [3.8, 4) is 5.75 Å². The van der Waals surface area contributed by atoms with Gasteiger partial charge in [0.2, 0.25) is 5.43 Å². The van der Waals surface area contributed by atoms with E-state index in [-0.39, 0.29) is 56.4 Å². The average molecular weight is 728 g/mol. The van der Waals surface area contributed by atoms with Gasteiger partial charge in [-0.3, -0.25) is 9.59 Å². The van der Waals surface area contributed by atoms with Crippen molar-refractivity contribution in [1.29, 1.82) is 0 Å². The average Bonchev–Trinajstić information content (AvgIpc) is 3.09. The second kappa shape index (κ2) is 15.7. The lowest BCUT2D eigenvalue weighted by Crippen LogP contribution is -2.45. The number of nitrogens with one attached hydrogen (secondary N) is 1. The summed E-state index contributed by atoms with van der Waals surface area (Å²) in [4.78, 5) is 43.1. The van der Waals surface area contributed by atoms with Crippen LogP contribution in [-0.4, -0.2) is 87.7 Å². The van der Waals surface area contributed by atoms with Gasteiger partial charge in [0, 0.05) is 38.1 Å². The van der Waals surface area contributed by atoms with Gasteiger partial charge in [-0.15, -0.1) is 0 Å². The highest BCUT2D eigenvalue weighted by Crippen LogP contribution is 2.42. The van der Waals surface area contributed by atoms with E-state index in [1.54, 1.807) is 28.8 Å². The number of hydrogen-bond acceptors (Lipinski definition) is 10. The number of benzene rings is 3. The molecule has 11 nitrogen and oxygen atoms in total. The van der Waals surface area contributed by atoms with Gasteiger partial charge in [0.05, 0.1) is 52.3 Å². The quantitative estimate of drug-likeness (QED) is 0.141. The first-order valence-corrected chi connectivity index (χ1v) is 17.0. The summed E-state index contributed by atoms with van der Waals surface area (Å²) in [5.41, 5.74) is 1.85. The maximum atomic E-state index is 15.6. The first kappa shape index (κ1) is 35.5. The minimum absolute atomic E-state index is 0.000550. The summed E-state index contributed by atoms with van der Waals surface area (Å²) >= 11 is 12.6. The molecular formula is C36H37Cl2FN4O7. The number of para-hydroxylation sites is 2. The fourth-order valence-electron chi connectivity index (χ4n) is 6.02. The van der Waals surface area contributed by atoms with Gasteiger partial charge in [-0.1, -0.05) is 47.5 Å². The number of carbonyl (C=O) groups is 2. The summed E-state index contributed by atoms with van der Waals surface area (Å²) in [5, 5.41) is 4.13. The number of likely N-dealkylation sites (N-methyl/N-ethyl adjacent to an activating group) is 1. The molecule has 0 spiro atoms. The van der Waals surface area contributed by atoms with Gasteiger partial charge in [-0.05, 0) is 43.8 Å². The molecule has 14 heteroatoms. The van der Waals surface area contributed by atoms with Crippen LogP contribution in [0, 0.1) is 5.82 Å². The van der Waals surface area contributed by atoms with Crippen LogP contribution in [0.1, 0.15) is 28.9 Å². The van der Waals surface area contributed by atoms with E-state index in [0.717, 1.165) is 13.1 Å². The molecule has 1 saturated heterocycles. The smallest absolute Gasteiger partial charge is 0.343 e. The molecule has 1 fully saturated rings.